The Morgan fingerprint density at radius 1 is 1.08 bits per heavy atom. The Hall–Kier alpha value is -2.18. The summed E-state index contributed by atoms with van der Waals surface area (Å²) >= 11 is 1.48. The number of benzene rings is 1. The molecule has 0 aliphatic carbocycles. The van der Waals surface area contributed by atoms with Crippen LogP contribution in [-0.2, 0) is 11.2 Å². The second-order valence-electron chi connectivity index (χ2n) is 6.57. The van der Waals surface area contributed by atoms with Crippen molar-refractivity contribution in [1.82, 2.24) is 15.1 Å². The van der Waals surface area contributed by atoms with Crippen molar-refractivity contribution in [2.45, 2.75) is 13.3 Å². The number of aryl methyl sites for hydroxylation is 1. The number of carbonyl (C=O) groups is 2. The van der Waals surface area contributed by atoms with Crippen molar-refractivity contribution in [3.63, 3.8) is 0 Å². The van der Waals surface area contributed by atoms with E-state index in [2.05, 4.69) is 29.3 Å². The van der Waals surface area contributed by atoms with Gasteiger partial charge in [-0.15, -0.1) is 11.3 Å². The van der Waals surface area contributed by atoms with Crippen LogP contribution >= 0.6 is 11.3 Å². The maximum absolute atomic E-state index is 12.3. The maximum atomic E-state index is 12.3. The summed E-state index contributed by atoms with van der Waals surface area (Å²) in [6.07, 6.45) is 0.849. The smallest absolute Gasteiger partial charge is 0.264 e. The molecule has 0 radical (unpaired) electrons. The van der Waals surface area contributed by atoms with Crippen LogP contribution in [0.1, 0.15) is 20.8 Å². The van der Waals surface area contributed by atoms with E-state index in [1.54, 1.807) is 0 Å². The van der Waals surface area contributed by atoms with Gasteiger partial charge in [-0.3, -0.25) is 14.5 Å². The zero-order valence-corrected chi connectivity index (χ0v) is 15.9. The summed E-state index contributed by atoms with van der Waals surface area (Å²) in [7, 11) is 0. The van der Waals surface area contributed by atoms with Crippen molar-refractivity contribution in [3.05, 3.63) is 57.8 Å². The largest absolute Gasteiger partial charge is 0.355 e. The van der Waals surface area contributed by atoms with Gasteiger partial charge in [0.25, 0.3) is 5.91 Å². The first-order valence-electron chi connectivity index (χ1n) is 9.00. The van der Waals surface area contributed by atoms with Crippen LogP contribution in [0.15, 0.2) is 41.8 Å². The lowest BCUT2D eigenvalue weighted by Gasteiger charge is -2.34. The van der Waals surface area contributed by atoms with Gasteiger partial charge in [-0.1, -0.05) is 30.3 Å². The molecule has 1 aliphatic heterocycles. The Morgan fingerprint density at radius 3 is 2.54 bits per heavy atom. The highest BCUT2D eigenvalue weighted by Crippen LogP contribution is 2.13. The van der Waals surface area contributed by atoms with Gasteiger partial charge >= 0.3 is 0 Å². The quantitative estimate of drug-likeness (QED) is 0.847. The molecule has 0 bridgehead atoms. The van der Waals surface area contributed by atoms with E-state index in [9.17, 15) is 9.59 Å². The van der Waals surface area contributed by atoms with Crippen molar-refractivity contribution >= 4 is 23.2 Å². The van der Waals surface area contributed by atoms with E-state index in [-0.39, 0.29) is 11.8 Å². The topological polar surface area (TPSA) is 52.7 Å². The van der Waals surface area contributed by atoms with Crippen LogP contribution in [0.4, 0.5) is 0 Å². The van der Waals surface area contributed by atoms with E-state index >= 15 is 0 Å². The number of rotatable bonds is 6. The minimum atomic E-state index is 0.0524. The van der Waals surface area contributed by atoms with E-state index in [1.807, 2.05) is 34.5 Å². The normalized spacial score (nSPS) is 15.0. The Kier molecular flexibility index (Phi) is 6.41. The highest BCUT2D eigenvalue weighted by atomic mass is 32.1. The number of hydrogen-bond acceptors (Lipinski definition) is 4. The molecule has 1 saturated heterocycles. The first-order chi connectivity index (χ1) is 12.6. The minimum absolute atomic E-state index is 0.0524. The molecule has 3 rings (SSSR count). The van der Waals surface area contributed by atoms with Crippen LogP contribution < -0.4 is 5.32 Å². The SMILES string of the molecule is Cc1ccccc1CCNC(=O)CN1CCN(C(=O)c2cccs2)CC1. The first-order valence-corrected chi connectivity index (χ1v) is 9.88. The summed E-state index contributed by atoms with van der Waals surface area (Å²) in [4.78, 5) is 29.3. The molecule has 1 N–H and O–H groups in total. The second-order valence-corrected chi connectivity index (χ2v) is 7.52. The zero-order chi connectivity index (χ0) is 18.4. The van der Waals surface area contributed by atoms with Crippen molar-refractivity contribution in [3.8, 4) is 0 Å². The molecule has 1 fully saturated rings. The van der Waals surface area contributed by atoms with E-state index in [1.165, 1.54) is 22.5 Å². The van der Waals surface area contributed by atoms with E-state index in [4.69, 9.17) is 0 Å². The molecule has 1 aliphatic rings. The molecule has 0 atom stereocenters. The Morgan fingerprint density at radius 2 is 1.85 bits per heavy atom. The molecule has 1 aromatic carbocycles. The second kappa shape index (κ2) is 8.96. The third kappa shape index (κ3) is 4.93. The predicted octanol–water partition coefficient (Wildman–Crippen LogP) is 2.17. The molecule has 0 unspecified atom stereocenters. The highest BCUT2D eigenvalue weighted by molar-refractivity contribution is 7.12. The Bertz CT molecular complexity index is 737. The van der Waals surface area contributed by atoms with Crippen LogP contribution in [0.3, 0.4) is 0 Å². The lowest BCUT2D eigenvalue weighted by molar-refractivity contribution is -0.122. The number of thiophene rings is 1. The van der Waals surface area contributed by atoms with E-state index in [0.29, 0.717) is 26.2 Å². The first kappa shape index (κ1) is 18.6. The average Bonchev–Trinajstić information content (AvgIpc) is 3.18. The molecule has 6 heteroatoms. The lowest BCUT2D eigenvalue weighted by atomic mass is 10.1. The summed E-state index contributed by atoms with van der Waals surface area (Å²) in [5.41, 5.74) is 2.53. The summed E-state index contributed by atoms with van der Waals surface area (Å²) in [5.74, 6) is 0.152. The molecule has 0 saturated carbocycles. The van der Waals surface area contributed by atoms with Crippen molar-refractivity contribution < 1.29 is 9.59 Å². The third-order valence-electron chi connectivity index (χ3n) is 4.74. The molecule has 2 amide bonds. The number of amides is 2. The molecule has 138 valence electrons. The maximum Gasteiger partial charge on any atom is 0.264 e. The minimum Gasteiger partial charge on any atom is -0.355 e. The van der Waals surface area contributed by atoms with Gasteiger partial charge < -0.3 is 10.2 Å². The van der Waals surface area contributed by atoms with Gasteiger partial charge in [-0.2, -0.15) is 0 Å². The standard InChI is InChI=1S/C20H25N3O2S/c1-16-5-2-3-6-17(16)8-9-21-19(24)15-22-10-12-23(13-11-22)20(25)18-7-4-14-26-18/h2-7,14H,8-13,15H2,1H3,(H,21,24). The molecule has 26 heavy (non-hydrogen) atoms. The molecule has 2 aromatic rings. The van der Waals surface area contributed by atoms with Gasteiger partial charge in [0.2, 0.25) is 5.91 Å². The molecular formula is C20H25N3O2S. The Labute approximate surface area is 158 Å². The van der Waals surface area contributed by atoms with Crippen molar-refractivity contribution in [1.29, 1.82) is 0 Å². The van der Waals surface area contributed by atoms with Crippen LogP contribution in [-0.4, -0.2) is 60.9 Å². The molecule has 5 nitrogen and oxygen atoms in total. The fraction of sp³-hybridized carbons (Fsp3) is 0.400. The molecular weight excluding hydrogens is 346 g/mol. The van der Waals surface area contributed by atoms with E-state index < -0.39 is 0 Å². The Balaban J connectivity index is 1.37. The number of nitrogens with zero attached hydrogens (tertiary/aromatic N) is 2. The molecule has 2 heterocycles. The summed E-state index contributed by atoms with van der Waals surface area (Å²) in [5, 5.41) is 4.92. The van der Waals surface area contributed by atoms with Gasteiger partial charge in [0.1, 0.15) is 0 Å². The third-order valence-corrected chi connectivity index (χ3v) is 5.59. The van der Waals surface area contributed by atoms with Crippen LogP contribution in [0.2, 0.25) is 0 Å². The zero-order valence-electron chi connectivity index (χ0n) is 15.1. The molecule has 1 aromatic heterocycles. The van der Waals surface area contributed by atoms with Crippen molar-refractivity contribution in [2.24, 2.45) is 0 Å². The fourth-order valence-corrected chi connectivity index (χ4v) is 3.84. The van der Waals surface area contributed by atoms with E-state index in [0.717, 1.165) is 24.4 Å². The monoisotopic (exact) mass is 371 g/mol. The predicted molar refractivity (Wildman–Crippen MR) is 105 cm³/mol. The van der Waals surface area contributed by atoms with Gasteiger partial charge in [0.15, 0.2) is 0 Å². The van der Waals surface area contributed by atoms with Gasteiger partial charge in [-0.05, 0) is 35.9 Å². The summed E-state index contributed by atoms with van der Waals surface area (Å²) in [6, 6.07) is 12.0. The van der Waals surface area contributed by atoms with Crippen LogP contribution in [0.5, 0.6) is 0 Å². The summed E-state index contributed by atoms with van der Waals surface area (Å²) < 4.78 is 0. The number of hydrogen-bond donors (Lipinski definition) is 1. The van der Waals surface area contributed by atoms with Gasteiger partial charge in [0, 0.05) is 32.7 Å². The van der Waals surface area contributed by atoms with Gasteiger partial charge in [-0.25, -0.2) is 0 Å². The number of nitrogens with one attached hydrogen (secondary N) is 1. The van der Waals surface area contributed by atoms with Crippen LogP contribution in [0, 0.1) is 6.92 Å². The fourth-order valence-electron chi connectivity index (χ4n) is 3.15. The highest BCUT2D eigenvalue weighted by Gasteiger charge is 2.23. The summed E-state index contributed by atoms with van der Waals surface area (Å²) in [6.45, 7) is 5.97. The molecule has 0 spiro atoms. The number of carbonyl (C=O) groups excluding carboxylic acids is 2. The van der Waals surface area contributed by atoms with Crippen LogP contribution in [0.25, 0.3) is 0 Å². The van der Waals surface area contributed by atoms with Crippen molar-refractivity contribution in [2.75, 3.05) is 39.3 Å². The number of piperazine rings is 1. The van der Waals surface area contributed by atoms with Gasteiger partial charge in [0.05, 0.1) is 11.4 Å². The lowest BCUT2D eigenvalue weighted by Crippen LogP contribution is -2.51. The average molecular weight is 372 g/mol.